The van der Waals surface area contributed by atoms with Gasteiger partial charge in [0, 0.05) is 19.7 Å². The van der Waals surface area contributed by atoms with Gasteiger partial charge < -0.3 is 14.7 Å². The van der Waals surface area contributed by atoms with Crippen molar-refractivity contribution in [2.24, 2.45) is 0 Å². The van der Waals surface area contributed by atoms with Crippen molar-refractivity contribution in [3.63, 3.8) is 0 Å². The molecular formula is C12H18N2O3S. The number of anilines is 1. The topological polar surface area (TPSA) is 62.7 Å². The molecule has 1 atom stereocenters. The van der Waals surface area contributed by atoms with Crippen LogP contribution in [0.15, 0.2) is 6.20 Å². The van der Waals surface area contributed by atoms with Crippen molar-refractivity contribution in [3.8, 4) is 0 Å². The first-order valence-corrected chi connectivity index (χ1v) is 7.08. The fourth-order valence-electron chi connectivity index (χ4n) is 2.04. The molecule has 1 saturated heterocycles. The molecule has 0 spiro atoms. The van der Waals surface area contributed by atoms with Crippen molar-refractivity contribution >= 4 is 22.4 Å². The van der Waals surface area contributed by atoms with Gasteiger partial charge in [0.25, 0.3) is 0 Å². The molecule has 1 aliphatic rings. The number of carboxylic acid groups (broad SMARTS) is 1. The van der Waals surface area contributed by atoms with Crippen LogP contribution in [0.3, 0.4) is 0 Å². The van der Waals surface area contributed by atoms with Gasteiger partial charge in [-0.25, -0.2) is 9.78 Å². The maximum atomic E-state index is 10.8. The summed E-state index contributed by atoms with van der Waals surface area (Å²) in [6.45, 7) is 4.63. The maximum absolute atomic E-state index is 10.8. The van der Waals surface area contributed by atoms with Crippen molar-refractivity contribution in [2.45, 2.75) is 32.3 Å². The van der Waals surface area contributed by atoms with Crippen LogP contribution in [0.25, 0.3) is 0 Å². The maximum Gasteiger partial charge on any atom is 0.347 e. The van der Waals surface area contributed by atoms with E-state index in [0.29, 0.717) is 4.88 Å². The number of thiazole rings is 1. The fourth-order valence-corrected chi connectivity index (χ4v) is 2.83. The van der Waals surface area contributed by atoms with E-state index in [0.717, 1.165) is 44.1 Å². The number of aromatic carboxylic acids is 1. The quantitative estimate of drug-likeness (QED) is 0.889. The normalized spacial score (nSPS) is 20.1. The summed E-state index contributed by atoms with van der Waals surface area (Å²) < 4.78 is 5.76. The molecule has 0 amide bonds. The van der Waals surface area contributed by atoms with E-state index in [2.05, 4.69) is 16.8 Å². The molecule has 1 aliphatic heterocycles. The van der Waals surface area contributed by atoms with E-state index in [1.807, 2.05) is 0 Å². The summed E-state index contributed by atoms with van der Waals surface area (Å²) in [5, 5.41) is 9.68. The average molecular weight is 270 g/mol. The van der Waals surface area contributed by atoms with E-state index in [1.54, 1.807) is 0 Å². The summed E-state index contributed by atoms with van der Waals surface area (Å²) in [6, 6.07) is 0. The second kappa shape index (κ2) is 6.15. The first kappa shape index (κ1) is 13.3. The lowest BCUT2D eigenvalue weighted by atomic mass is 10.1. The molecule has 1 aromatic rings. The number of nitrogens with zero attached hydrogens (tertiary/aromatic N) is 2. The third-order valence-corrected chi connectivity index (χ3v) is 3.96. The Hall–Kier alpha value is -1.14. The monoisotopic (exact) mass is 270 g/mol. The van der Waals surface area contributed by atoms with Gasteiger partial charge in [0.15, 0.2) is 5.13 Å². The number of hydrogen-bond donors (Lipinski definition) is 1. The van der Waals surface area contributed by atoms with Crippen LogP contribution in [0.5, 0.6) is 0 Å². The lowest BCUT2D eigenvalue weighted by molar-refractivity contribution is 0.0440. The van der Waals surface area contributed by atoms with Gasteiger partial charge in [-0.15, -0.1) is 0 Å². The van der Waals surface area contributed by atoms with E-state index in [9.17, 15) is 4.79 Å². The Labute approximate surface area is 110 Å². The minimum absolute atomic E-state index is 0.246. The molecule has 1 N–H and O–H groups in total. The van der Waals surface area contributed by atoms with Gasteiger partial charge >= 0.3 is 5.97 Å². The molecule has 1 unspecified atom stereocenters. The minimum atomic E-state index is -0.908. The highest BCUT2D eigenvalue weighted by Crippen LogP contribution is 2.26. The zero-order chi connectivity index (χ0) is 13.0. The number of carboxylic acids is 1. The van der Waals surface area contributed by atoms with Crippen LogP contribution in [0.4, 0.5) is 5.13 Å². The zero-order valence-corrected chi connectivity index (χ0v) is 11.3. The predicted molar refractivity (Wildman–Crippen MR) is 70.6 cm³/mol. The van der Waals surface area contributed by atoms with Gasteiger partial charge in [-0.3, -0.25) is 0 Å². The van der Waals surface area contributed by atoms with Crippen LogP contribution >= 0.6 is 11.3 Å². The third kappa shape index (κ3) is 3.20. The van der Waals surface area contributed by atoms with Gasteiger partial charge in [-0.2, -0.15) is 0 Å². The molecule has 5 nitrogen and oxygen atoms in total. The Morgan fingerprint density at radius 3 is 3.22 bits per heavy atom. The highest BCUT2D eigenvalue weighted by atomic mass is 32.1. The predicted octanol–water partition coefficient (Wildman–Crippen LogP) is 2.24. The van der Waals surface area contributed by atoms with Crippen LogP contribution in [0, 0.1) is 0 Å². The molecular weight excluding hydrogens is 252 g/mol. The molecule has 18 heavy (non-hydrogen) atoms. The summed E-state index contributed by atoms with van der Waals surface area (Å²) in [7, 11) is 0. The minimum Gasteiger partial charge on any atom is -0.477 e. The first-order valence-electron chi connectivity index (χ1n) is 6.26. The summed E-state index contributed by atoms with van der Waals surface area (Å²) in [5.41, 5.74) is 0. The Kier molecular flexibility index (Phi) is 4.54. The lowest BCUT2D eigenvalue weighted by Crippen LogP contribution is -2.39. The zero-order valence-electron chi connectivity index (χ0n) is 10.5. The van der Waals surface area contributed by atoms with Crippen LogP contribution < -0.4 is 4.90 Å². The molecule has 100 valence electrons. The van der Waals surface area contributed by atoms with Gasteiger partial charge in [0.05, 0.1) is 12.3 Å². The molecule has 2 heterocycles. The molecule has 1 fully saturated rings. The van der Waals surface area contributed by atoms with Crippen molar-refractivity contribution in [2.75, 3.05) is 24.6 Å². The van der Waals surface area contributed by atoms with Crippen LogP contribution in [-0.4, -0.2) is 41.9 Å². The molecule has 1 aromatic heterocycles. The second-order valence-corrected chi connectivity index (χ2v) is 5.40. The van der Waals surface area contributed by atoms with Crippen molar-refractivity contribution in [3.05, 3.63) is 11.1 Å². The second-order valence-electron chi connectivity index (χ2n) is 4.39. The highest BCUT2D eigenvalue weighted by Gasteiger charge is 2.23. The Bertz CT molecular complexity index is 408. The van der Waals surface area contributed by atoms with E-state index < -0.39 is 5.97 Å². The molecule has 0 bridgehead atoms. The standard InChI is InChI=1S/C12H18N2O3S/c1-2-6-17-9-4-3-5-14(8-9)12-13-7-10(18-12)11(15)16/h7,9H,2-6,8H2,1H3,(H,15,16). The number of carbonyl (C=O) groups is 1. The largest absolute Gasteiger partial charge is 0.477 e. The van der Waals surface area contributed by atoms with Crippen molar-refractivity contribution in [1.82, 2.24) is 4.98 Å². The van der Waals surface area contributed by atoms with E-state index in [1.165, 1.54) is 17.5 Å². The Morgan fingerprint density at radius 1 is 1.72 bits per heavy atom. The van der Waals surface area contributed by atoms with Gasteiger partial charge in [0.2, 0.25) is 0 Å². The number of aromatic nitrogens is 1. The molecule has 0 saturated carbocycles. The number of rotatable bonds is 5. The van der Waals surface area contributed by atoms with Crippen molar-refractivity contribution in [1.29, 1.82) is 0 Å². The van der Waals surface area contributed by atoms with Gasteiger partial charge in [-0.05, 0) is 19.3 Å². The molecule has 0 aromatic carbocycles. The summed E-state index contributed by atoms with van der Waals surface area (Å²) in [6.07, 6.45) is 4.84. The van der Waals surface area contributed by atoms with Crippen LogP contribution in [-0.2, 0) is 4.74 Å². The first-order chi connectivity index (χ1) is 8.70. The Balaban J connectivity index is 1.96. The van der Waals surface area contributed by atoms with Gasteiger partial charge in [0.1, 0.15) is 4.88 Å². The summed E-state index contributed by atoms with van der Waals surface area (Å²) in [5.74, 6) is -0.908. The summed E-state index contributed by atoms with van der Waals surface area (Å²) >= 11 is 1.23. The molecule has 0 aliphatic carbocycles. The van der Waals surface area contributed by atoms with Crippen LogP contribution in [0.1, 0.15) is 35.9 Å². The Morgan fingerprint density at radius 2 is 2.56 bits per heavy atom. The molecule has 2 rings (SSSR count). The van der Waals surface area contributed by atoms with Crippen molar-refractivity contribution < 1.29 is 14.6 Å². The SMILES string of the molecule is CCCOC1CCCN(c2ncc(C(=O)O)s2)C1. The lowest BCUT2D eigenvalue weighted by Gasteiger charge is -2.32. The van der Waals surface area contributed by atoms with Crippen LogP contribution in [0.2, 0.25) is 0 Å². The van der Waals surface area contributed by atoms with E-state index in [-0.39, 0.29) is 6.10 Å². The van der Waals surface area contributed by atoms with E-state index >= 15 is 0 Å². The average Bonchev–Trinajstić information content (AvgIpc) is 2.86. The number of hydrogen-bond acceptors (Lipinski definition) is 5. The van der Waals surface area contributed by atoms with E-state index in [4.69, 9.17) is 9.84 Å². The molecule has 6 heteroatoms. The fraction of sp³-hybridized carbons (Fsp3) is 0.667. The smallest absolute Gasteiger partial charge is 0.347 e. The highest BCUT2D eigenvalue weighted by molar-refractivity contribution is 7.17. The summed E-state index contributed by atoms with van der Waals surface area (Å²) in [4.78, 5) is 17.4. The van der Waals surface area contributed by atoms with Gasteiger partial charge in [-0.1, -0.05) is 18.3 Å². The third-order valence-electron chi connectivity index (χ3n) is 2.91. The number of piperidine rings is 1. The number of ether oxygens (including phenoxy) is 1. The molecule has 0 radical (unpaired) electrons.